The number of ether oxygens (including phenoxy) is 1. The number of fused-ring (bicyclic) bond motifs is 2. The molecule has 2 amide bonds. The van der Waals surface area contributed by atoms with Crippen LogP contribution in [-0.2, 0) is 9.53 Å². The molecule has 2 aliphatic rings. The zero-order valence-corrected chi connectivity index (χ0v) is 14.9. The van der Waals surface area contributed by atoms with Crippen LogP contribution in [0.1, 0.15) is 59.8 Å². The molecule has 0 aromatic heterocycles. The van der Waals surface area contributed by atoms with Crippen LogP contribution in [0, 0.1) is 0 Å². The van der Waals surface area contributed by atoms with Crippen LogP contribution in [0.4, 0.5) is 4.79 Å². The molecule has 132 valence electrons. The van der Waals surface area contributed by atoms with Crippen molar-refractivity contribution >= 4 is 12.0 Å². The Balaban J connectivity index is 1.80. The molecule has 2 aliphatic heterocycles. The highest BCUT2D eigenvalue weighted by molar-refractivity contribution is 5.75. The third-order valence-corrected chi connectivity index (χ3v) is 4.50. The number of rotatable bonds is 5. The molecule has 0 aliphatic carbocycles. The summed E-state index contributed by atoms with van der Waals surface area (Å²) in [4.78, 5) is 25.8. The summed E-state index contributed by atoms with van der Waals surface area (Å²) in [6, 6.07) is 0.928. The molecule has 6 heteroatoms. The number of carbonyl (C=O) groups is 2. The van der Waals surface area contributed by atoms with Gasteiger partial charge in [0.1, 0.15) is 5.60 Å². The van der Waals surface area contributed by atoms with Gasteiger partial charge < -0.3 is 20.3 Å². The summed E-state index contributed by atoms with van der Waals surface area (Å²) >= 11 is 0. The van der Waals surface area contributed by atoms with Gasteiger partial charge in [0.05, 0.1) is 0 Å². The summed E-state index contributed by atoms with van der Waals surface area (Å²) in [5, 5.41) is 6.29. The lowest BCUT2D eigenvalue weighted by molar-refractivity contribution is -0.120. The third kappa shape index (κ3) is 5.09. The van der Waals surface area contributed by atoms with Crippen molar-refractivity contribution in [2.75, 3.05) is 13.1 Å². The van der Waals surface area contributed by atoms with E-state index in [1.54, 1.807) is 0 Å². The number of hydrogen-bond donors (Lipinski definition) is 2. The number of nitrogens with zero attached hydrogens (tertiary/aromatic N) is 1. The number of hydrogen-bond acceptors (Lipinski definition) is 4. The maximum Gasteiger partial charge on any atom is 0.410 e. The Morgan fingerprint density at radius 3 is 2.30 bits per heavy atom. The van der Waals surface area contributed by atoms with E-state index in [0.717, 1.165) is 25.7 Å². The predicted molar refractivity (Wildman–Crippen MR) is 89.2 cm³/mol. The van der Waals surface area contributed by atoms with Crippen LogP contribution >= 0.6 is 0 Å². The maximum absolute atomic E-state index is 12.4. The van der Waals surface area contributed by atoms with E-state index >= 15 is 0 Å². The van der Waals surface area contributed by atoms with Crippen molar-refractivity contribution in [2.45, 2.75) is 83.5 Å². The van der Waals surface area contributed by atoms with E-state index in [2.05, 4.69) is 10.6 Å². The maximum atomic E-state index is 12.4. The van der Waals surface area contributed by atoms with Crippen LogP contribution in [0.2, 0.25) is 0 Å². The van der Waals surface area contributed by atoms with E-state index in [1.807, 2.05) is 32.6 Å². The van der Waals surface area contributed by atoms with Gasteiger partial charge in [-0.2, -0.15) is 0 Å². The smallest absolute Gasteiger partial charge is 0.410 e. The van der Waals surface area contributed by atoms with E-state index in [0.29, 0.717) is 25.6 Å². The summed E-state index contributed by atoms with van der Waals surface area (Å²) in [7, 11) is 0. The molecule has 2 atom stereocenters. The Kier molecular flexibility index (Phi) is 5.89. The highest BCUT2D eigenvalue weighted by Gasteiger charge is 2.44. The molecule has 2 rings (SSSR count). The molecule has 2 N–H and O–H groups in total. The molecule has 6 nitrogen and oxygen atoms in total. The zero-order chi connectivity index (χ0) is 17.0. The number of nitrogens with one attached hydrogen (secondary N) is 2. The second kappa shape index (κ2) is 7.51. The number of carbonyl (C=O) groups excluding carboxylic acids is 2. The molecule has 0 radical (unpaired) electrons. The van der Waals surface area contributed by atoms with Crippen LogP contribution in [0.5, 0.6) is 0 Å². The Morgan fingerprint density at radius 2 is 1.78 bits per heavy atom. The van der Waals surface area contributed by atoms with Crippen molar-refractivity contribution in [1.82, 2.24) is 15.5 Å². The minimum Gasteiger partial charge on any atom is -0.444 e. The largest absolute Gasteiger partial charge is 0.444 e. The van der Waals surface area contributed by atoms with Gasteiger partial charge in [0, 0.05) is 37.6 Å². The molecule has 2 unspecified atom stereocenters. The van der Waals surface area contributed by atoms with Gasteiger partial charge in [0.25, 0.3) is 0 Å². The molecular formula is C17H31N3O3. The second-order valence-corrected chi connectivity index (χ2v) is 7.60. The lowest BCUT2D eigenvalue weighted by Gasteiger charge is -2.39. The quantitative estimate of drug-likeness (QED) is 0.811. The van der Waals surface area contributed by atoms with Gasteiger partial charge in [-0.3, -0.25) is 4.79 Å². The van der Waals surface area contributed by atoms with Gasteiger partial charge in [-0.15, -0.1) is 0 Å². The first-order valence-corrected chi connectivity index (χ1v) is 8.81. The molecule has 2 saturated heterocycles. The summed E-state index contributed by atoms with van der Waals surface area (Å²) in [5.41, 5.74) is -0.446. The third-order valence-electron chi connectivity index (χ3n) is 4.50. The highest BCUT2D eigenvalue weighted by atomic mass is 16.6. The Labute approximate surface area is 139 Å². The molecule has 23 heavy (non-hydrogen) atoms. The normalized spacial score (nSPS) is 27.0. The summed E-state index contributed by atoms with van der Waals surface area (Å²) in [6.07, 6.45) is 4.34. The molecule has 2 bridgehead atoms. The van der Waals surface area contributed by atoms with Gasteiger partial charge in [-0.05, 0) is 53.4 Å². The molecule has 0 aromatic carbocycles. The first-order valence-electron chi connectivity index (χ1n) is 8.81. The van der Waals surface area contributed by atoms with Crippen LogP contribution in [0.25, 0.3) is 0 Å². The number of amides is 2. The van der Waals surface area contributed by atoms with E-state index in [1.165, 1.54) is 0 Å². The predicted octanol–water partition coefficient (Wildman–Crippen LogP) is 2.03. The van der Waals surface area contributed by atoms with E-state index in [4.69, 9.17) is 4.74 Å². The Hall–Kier alpha value is -1.30. The SMILES string of the molecule is CCNC(=O)CCNC1CC2CCC(C1)N2C(=O)OC(C)(C)C. The molecule has 0 aromatic rings. The van der Waals surface area contributed by atoms with Crippen molar-refractivity contribution in [1.29, 1.82) is 0 Å². The first-order chi connectivity index (χ1) is 10.8. The number of piperidine rings is 1. The van der Waals surface area contributed by atoms with Crippen molar-refractivity contribution in [2.24, 2.45) is 0 Å². The van der Waals surface area contributed by atoms with Gasteiger partial charge in [-0.25, -0.2) is 4.79 Å². The molecule has 2 heterocycles. The monoisotopic (exact) mass is 325 g/mol. The fraction of sp³-hybridized carbons (Fsp3) is 0.882. The summed E-state index contributed by atoms with van der Waals surface area (Å²) in [6.45, 7) is 9.02. The standard InChI is InChI=1S/C17H31N3O3/c1-5-18-15(21)8-9-19-12-10-13-6-7-14(11-12)20(13)16(22)23-17(2,3)4/h12-14,19H,5-11H2,1-4H3,(H,18,21). The van der Waals surface area contributed by atoms with Crippen LogP contribution < -0.4 is 10.6 Å². The Bertz CT molecular complexity index is 419. The summed E-state index contributed by atoms with van der Waals surface area (Å²) < 4.78 is 5.55. The van der Waals surface area contributed by atoms with Gasteiger partial charge in [-0.1, -0.05) is 0 Å². The van der Waals surface area contributed by atoms with Crippen molar-refractivity contribution in [3.63, 3.8) is 0 Å². The average Bonchev–Trinajstić information content (AvgIpc) is 2.69. The topological polar surface area (TPSA) is 70.7 Å². The molecular weight excluding hydrogens is 294 g/mol. The highest BCUT2D eigenvalue weighted by Crippen LogP contribution is 2.36. The van der Waals surface area contributed by atoms with E-state index in [-0.39, 0.29) is 24.1 Å². The van der Waals surface area contributed by atoms with Crippen LogP contribution in [0.3, 0.4) is 0 Å². The van der Waals surface area contributed by atoms with Gasteiger partial charge >= 0.3 is 6.09 Å². The minimum atomic E-state index is -0.446. The van der Waals surface area contributed by atoms with Gasteiger partial charge in [0.15, 0.2) is 0 Å². The van der Waals surface area contributed by atoms with Crippen molar-refractivity contribution in [3.8, 4) is 0 Å². The zero-order valence-electron chi connectivity index (χ0n) is 14.9. The van der Waals surface area contributed by atoms with Crippen LogP contribution in [0.15, 0.2) is 0 Å². The molecule has 0 spiro atoms. The van der Waals surface area contributed by atoms with E-state index in [9.17, 15) is 9.59 Å². The van der Waals surface area contributed by atoms with Crippen molar-refractivity contribution in [3.05, 3.63) is 0 Å². The fourth-order valence-corrected chi connectivity index (χ4v) is 3.63. The average molecular weight is 325 g/mol. The lowest BCUT2D eigenvalue weighted by atomic mass is 9.97. The van der Waals surface area contributed by atoms with E-state index < -0.39 is 5.60 Å². The van der Waals surface area contributed by atoms with Crippen molar-refractivity contribution < 1.29 is 14.3 Å². The second-order valence-electron chi connectivity index (χ2n) is 7.60. The molecule has 2 fully saturated rings. The minimum absolute atomic E-state index is 0.0918. The van der Waals surface area contributed by atoms with Crippen LogP contribution in [-0.4, -0.2) is 53.7 Å². The fourth-order valence-electron chi connectivity index (χ4n) is 3.63. The Morgan fingerprint density at radius 1 is 1.17 bits per heavy atom. The van der Waals surface area contributed by atoms with Gasteiger partial charge in [0.2, 0.25) is 5.91 Å². The lowest BCUT2D eigenvalue weighted by Crippen LogP contribution is -2.52. The summed E-state index contributed by atoms with van der Waals surface area (Å²) in [5.74, 6) is 0.0918. The molecule has 0 saturated carbocycles. The first kappa shape index (κ1) is 18.0.